The third-order valence-corrected chi connectivity index (χ3v) is 3.09. The highest BCUT2D eigenvalue weighted by molar-refractivity contribution is 5.69. The van der Waals surface area contributed by atoms with Crippen molar-refractivity contribution in [3.63, 3.8) is 0 Å². The van der Waals surface area contributed by atoms with Crippen LogP contribution in [0.2, 0.25) is 0 Å². The average Bonchev–Trinajstić information content (AvgIpc) is 2.39. The van der Waals surface area contributed by atoms with Crippen LogP contribution in [0.3, 0.4) is 0 Å². The number of rotatable bonds is 4. The van der Waals surface area contributed by atoms with Gasteiger partial charge in [0.15, 0.2) is 0 Å². The van der Waals surface area contributed by atoms with E-state index in [9.17, 15) is 17.6 Å². The second kappa shape index (κ2) is 6.65. The van der Waals surface area contributed by atoms with Gasteiger partial charge in [0.05, 0.1) is 5.57 Å². The van der Waals surface area contributed by atoms with E-state index in [1.807, 2.05) is 0 Å². The summed E-state index contributed by atoms with van der Waals surface area (Å²) in [6.07, 6.45) is -2.59. The molecule has 6 heteroatoms. The second-order valence-corrected chi connectivity index (χ2v) is 4.52. The molecule has 2 nitrogen and oxygen atoms in total. The minimum Gasteiger partial charge on any atom is -0.399 e. The number of alkyl halides is 3. The lowest BCUT2D eigenvalue weighted by Gasteiger charge is -2.23. The molecule has 1 aromatic rings. The van der Waals surface area contributed by atoms with E-state index < -0.39 is 17.6 Å². The highest BCUT2D eigenvalue weighted by Gasteiger charge is 2.32. The van der Waals surface area contributed by atoms with E-state index in [0.29, 0.717) is 6.54 Å². The minimum absolute atomic E-state index is 0.0807. The van der Waals surface area contributed by atoms with Crippen LogP contribution >= 0.6 is 0 Å². The lowest BCUT2D eigenvalue weighted by Crippen LogP contribution is -2.19. The topological polar surface area (TPSA) is 29.3 Å². The molecule has 0 unspecified atom stereocenters. The molecule has 0 aromatic heterocycles. The lowest BCUT2D eigenvalue weighted by molar-refractivity contribution is -0.0883. The molecule has 0 heterocycles. The smallest absolute Gasteiger partial charge is 0.399 e. The summed E-state index contributed by atoms with van der Waals surface area (Å²) in [5, 5.41) is 0. The molecule has 0 aliphatic carbocycles. The SMILES string of the molecule is C/C=C(\C=C(\c1ccc(N)cc1F)N(C)CC)C(F)(F)F. The van der Waals surface area contributed by atoms with Crippen molar-refractivity contribution in [1.29, 1.82) is 0 Å². The molecule has 0 aliphatic heterocycles. The fourth-order valence-electron chi connectivity index (χ4n) is 1.78. The van der Waals surface area contributed by atoms with Crippen LogP contribution in [-0.2, 0) is 0 Å². The average molecular weight is 302 g/mol. The van der Waals surface area contributed by atoms with Crippen LogP contribution in [0.5, 0.6) is 0 Å². The molecule has 116 valence electrons. The van der Waals surface area contributed by atoms with Crippen LogP contribution in [-0.4, -0.2) is 24.7 Å². The van der Waals surface area contributed by atoms with Crippen LogP contribution in [0.1, 0.15) is 19.4 Å². The normalized spacial score (nSPS) is 13.5. The number of anilines is 1. The molecule has 0 radical (unpaired) electrons. The summed E-state index contributed by atoms with van der Waals surface area (Å²) in [5.41, 5.74) is 5.10. The van der Waals surface area contributed by atoms with Crippen molar-refractivity contribution >= 4 is 11.4 Å². The number of nitrogen functional groups attached to an aromatic ring is 1. The Hall–Kier alpha value is -1.98. The number of halogens is 4. The first kappa shape index (κ1) is 17.1. The largest absolute Gasteiger partial charge is 0.416 e. The molecule has 0 amide bonds. The van der Waals surface area contributed by atoms with E-state index >= 15 is 0 Å². The van der Waals surface area contributed by atoms with Crippen molar-refractivity contribution in [2.75, 3.05) is 19.3 Å². The van der Waals surface area contributed by atoms with E-state index in [4.69, 9.17) is 5.73 Å². The van der Waals surface area contributed by atoms with Gasteiger partial charge >= 0.3 is 6.18 Å². The molecule has 1 aromatic carbocycles. The van der Waals surface area contributed by atoms with Gasteiger partial charge in [-0.05, 0) is 38.1 Å². The van der Waals surface area contributed by atoms with E-state index in [-0.39, 0.29) is 16.9 Å². The quantitative estimate of drug-likeness (QED) is 0.513. The summed E-state index contributed by atoms with van der Waals surface area (Å²) >= 11 is 0. The Labute approximate surface area is 121 Å². The summed E-state index contributed by atoms with van der Waals surface area (Å²) in [4.78, 5) is 1.55. The van der Waals surface area contributed by atoms with Gasteiger partial charge in [-0.3, -0.25) is 0 Å². The highest BCUT2D eigenvalue weighted by Crippen LogP contribution is 2.31. The molecule has 0 spiro atoms. The molecule has 0 aliphatic rings. The van der Waals surface area contributed by atoms with Crippen molar-refractivity contribution in [3.05, 3.63) is 47.3 Å². The Morgan fingerprint density at radius 2 is 1.95 bits per heavy atom. The monoisotopic (exact) mass is 302 g/mol. The molecule has 1 rings (SSSR count). The molecule has 0 saturated heterocycles. The first-order valence-electron chi connectivity index (χ1n) is 6.42. The molecule has 0 saturated carbocycles. The highest BCUT2D eigenvalue weighted by atomic mass is 19.4. The van der Waals surface area contributed by atoms with Crippen molar-refractivity contribution in [3.8, 4) is 0 Å². The number of nitrogens with zero attached hydrogens (tertiary/aromatic N) is 1. The molecular formula is C15H18F4N2. The van der Waals surface area contributed by atoms with Gasteiger partial charge < -0.3 is 10.6 Å². The summed E-state index contributed by atoms with van der Waals surface area (Å²) in [7, 11) is 1.60. The Bertz CT molecular complexity index is 559. The van der Waals surface area contributed by atoms with Gasteiger partial charge in [-0.2, -0.15) is 13.2 Å². The maximum Gasteiger partial charge on any atom is 0.416 e. The van der Waals surface area contributed by atoms with Gasteiger partial charge in [0.1, 0.15) is 5.82 Å². The third-order valence-electron chi connectivity index (χ3n) is 3.09. The van der Waals surface area contributed by atoms with Crippen LogP contribution < -0.4 is 5.73 Å². The maximum absolute atomic E-state index is 14.0. The second-order valence-electron chi connectivity index (χ2n) is 4.52. The maximum atomic E-state index is 14.0. The molecule has 0 atom stereocenters. The van der Waals surface area contributed by atoms with Crippen molar-refractivity contribution in [2.24, 2.45) is 0 Å². The number of allylic oxidation sites excluding steroid dienone is 3. The van der Waals surface area contributed by atoms with Crippen LogP contribution in [0.4, 0.5) is 23.2 Å². The van der Waals surface area contributed by atoms with Gasteiger partial charge in [0.25, 0.3) is 0 Å². The van der Waals surface area contributed by atoms with Crippen molar-refractivity contribution in [2.45, 2.75) is 20.0 Å². The van der Waals surface area contributed by atoms with Gasteiger partial charge in [0, 0.05) is 30.5 Å². The van der Waals surface area contributed by atoms with Crippen molar-refractivity contribution in [1.82, 2.24) is 4.90 Å². The Morgan fingerprint density at radius 3 is 2.38 bits per heavy atom. The van der Waals surface area contributed by atoms with Crippen molar-refractivity contribution < 1.29 is 17.6 Å². The summed E-state index contributed by atoms with van der Waals surface area (Å²) < 4.78 is 52.7. The Balaban J connectivity index is 3.43. The number of nitrogens with two attached hydrogens (primary N) is 1. The first-order chi connectivity index (χ1) is 9.70. The summed E-state index contributed by atoms with van der Waals surface area (Å²) in [5.74, 6) is -0.654. The van der Waals surface area contributed by atoms with E-state index in [0.717, 1.165) is 18.2 Å². The molecule has 2 N–H and O–H groups in total. The first-order valence-corrected chi connectivity index (χ1v) is 6.42. The molecule has 0 bridgehead atoms. The predicted molar refractivity (Wildman–Crippen MR) is 76.9 cm³/mol. The Kier molecular flexibility index (Phi) is 5.41. The minimum atomic E-state index is -4.49. The summed E-state index contributed by atoms with van der Waals surface area (Å²) in [6, 6.07) is 3.93. The van der Waals surface area contributed by atoms with Gasteiger partial charge in [-0.15, -0.1) is 0 Å². The molecular weight excluding hydrogens is 284 g/mol. The summed E-state index contributed by atoms with van der Waals surface area (Å²) in [6.45, 7) is 3.50. The zero-order valence-electron chi connectivity index (χ0n) is 12.1. The number of hydrogen-bond donors (Lipinski definition) is 1. The lowest BCUT2D eigenvalue weighted by atomic mass is 10.1. The van der Waals surface area contributed by atoms with Crippen LogP contribution in [0, 0.1) is 5.82 Å². The number of hydrogen-bond acceptors (Lipinski definition) is 2. The van der Waals surface area contributed by atoms with Crippen LogP contribution in [0.15, 0.2) is 35.9 Å². The zero-order chi connectivity index (χ0) is 16.2. The molecule has 21 heavy (non-hydrogen) atoms. The molecule has 0 fully saturated rings. The standard InChI is InChI=1S/C15H18F4N2/c1-4-10(15(17,18)19)8-14(21(3)5-2)12-7-6-11(20)9-13(12)16/h4,6-9H,5,20H2,1-3H3/b10-4+,14-8-. The Morgan fingerprint density at radius 1 is 1.33 bits per heavy atom. The van der Waals surface area contributed by atoms with E-state index in [2.05, 4.69) is 0 Å². The van der Waals surface area contributed by atoms with Gasteiger partial charge in [0.2, 0.25) is 0 Å². The van der Waals surface area contributed by atoms with Gasteiger partial charge in [-0.25, -0.2) is 4.39 Å². The fraction of sp³-hybridized carbons (Fsp3) is 0.333. The zero-order valence-corrected chi connectivity index (χ0v) is 12.1. The van der Waals surface area contributed by atoms with Gasteiger partial charge in [-0.1, -0.05) is 6.08 Å². The third kappa shape index (κ3) is 4.24. The van der Waals surface area contributed by atoms with E-state index in [1.165, 1.54) is 19.1 Å². The van der Waals surface area contributed by atoms with E-state index in [1.54, 1.807) is 18.9 Å². The van der Waals surface area contributed by atoms with Crippen LogP contribution in [0.25, 0.3) is 5.70 Å². The fourth-order valence-corrected chi connectivity index (χ4v) is 1.78. The number of benzene rings is 1. The predicted octanol–water partition coefficient (Wildman–Crippen LogP) is 4.21.